The molecule has 0 radical (unpaired) electrons. The van der Waals surface area contributed by atoms with Gasteiger partial charge in [-0.25, -0.2) is 0 Å². The Morgan fingerprint density at radius 3 is 2.68 bits per heavy atom. The zero-order chi connectivity index (χ0) is 19.7. The minimum absolute atomic E-state index is 0.152. The number of fused-ring (bicyclic) bond motifs is 1. The maximum absolute atomic E-state index is 12.7. The maximum atomic E-state index is 12.7. The Hall–Kier alpha value is -2.27. The number of aromatic nitrogens is 1. The second-order valence-corrected chi connectivity index (χ2v) is 8.50. The Bertz CT molecular complexity index is 861. The Balaban J connectivity index is 1.31. The molecule has 2 aromatic rings. The number of aromatic amines is 1. The molecule has 0 spiro atoms. The predicted molar refractivity (Wildman–Crippen MR) is 110 cm³/mol. The van der Waals surface area contributed by atoms with E-state index in [9.17, 15) is 9.59 Å². The maximum Gasteiger partial charge on any atom is 0.222 e. The smallest absolute Gasteiger partial charge is 0.222 e. The monoisotopic (exact) mass is 399 g/mol. The molecule has 4 rings (SSSR count). The largest absolute Gasteiger partial charge is 0.358 e. The number of hydrogen-bond donors (Lipinski definition) is 2. The van der Waals surface area contributed by atoms with Gasteiger partial charge in [0.1, 0.15) is 0 Å². The Morgan fingerprint density at radius 2 is 1.89 bits per heavy atom. The molecule has 2 N–H and O–H groups in total. The summed E-state index contributed by atoms with van der Waals surface area (Å²) in [5.41, 5.74) is 3.17. The summed E-state index contributed by atoms with van der Waals surface area (Å²) < 4.78 is 0. The van der Waals surface area contributed by atoms with Crippen LogP contribution < -0.4 is 5.32 Å². The molecule has 28 heavy (non-hydrogen) atoms. The molecule has 1 aromatic heterocycles. The van der Waals surface area contributed by atoms with Crippen LogP contribution in [-0.4, -0.2) is 41.3 Å². The van der Waals surface area contributed by atoms with Crippen molar-refractivity contribution in [2.75, 3.05) is 13.6 Å². The van der Waals surface area contributed by atoms with E-state index in [-0.39, 0.29) is 17.9 Å². The molecule has 1 aliphatic carbocycles. The van der Waals surface area contributed by atoms with Crippen molar-refractivity contribution < 1.29 is 9.59 Å². The highest BCUT2D eigenvalue weighted by molar-refractivity contribution is 6.30. The van der Waals surface area contributed by atoms with Crippen LogP contribution in [0, 0.1) is 11.8 Å². The zero-order valence-electron chi connectivity index (χ0n) is 16.1. The molecule has 6 heteroatoms. The van der Waals surface area contributed by atoms with Gasteiger partial charge in [0.15, 0.2) is 0 Å². The SMILES string of the molecule is CN(C(=O)CCc1ccc(-c2ccc(Cl)cc2)[nH]1)[C@H]1C[C@H]2CNC(=O)C[C@H]2C1. The number of rotatable bonds is 5. The minimum Gasteiger partial charge on any atom is -0.358 e. The van der Waals surface area contributed by atoms with Crippen molar-refractivity contribution >= 4 is 23.4 Å². The van der Waals surface area contributed by atoms with Gasteiger partial charge >= 0.3 is 0 Å². The van der Waals surface area contributed by atoms with Crippen LogP contribution in [-0.2, 0) is 16.0 Å². The van der Waals surface area contributed by atoms with Gasteiger partial charge in [-0.05, 0) is 60.9 Å². The molecule has 2 aliphatic rings. The number of aryl methyl sites for hydroxylation is 1. The topological polar surface area (TPSA) is 65.2 Å². The van der Waals surface area contributed by atoms with Crippen LogP contribution in [0.2, 0.25) is 5.02 Å². The van der Waals surface area contributed by atoms with Gasteiger partial charge in [-0.15, -0.1) is 0 Å². The average Bonchev–Trinajstić information content (AvgIpc) is 3.32. The van der Waals surface area contributed by atoms with E-state index in [1.807, 2.05) is 48.3 Å². The zero-order valence-corrected chi connectivity index (χ0v) is 16.8. The summed E-state index contributed by atoms with van der Waals surface area (Å²) in [6.45, 7) is 0.762. The number of piperidine rings is 1. The molecule has 1 saturated heterocycles. The highest BCUT2D eigenvalue weighted by Gasteiger charge is 2.40. The Kier molecular flexibility index (Phi) is 5.44. The van der Waals surface area contributed by atoms with Gasteiger partial charge in [-0.1, -0.05) is 23.7 Å². The molecule has 5 nitrogen and oxygen atoms in total. The van der Waals surface area contributed by atoms with Gasteiger partial charge in [0.25, 0.3) is 0 Å². The number of halogens is 1. The summed E-state index contributed by atoms with van der Waals surface area (Å²) in [6.07, 6.45) is 3.73. The number of nitrogens with zero attached hydrogens (tertiary/aromatic N) is 1. The lowest BCUT2D eigenvalue weighted by atomic mass is 9.89. The van der Waals surface area contributed by atoms with Crippen LogP contribution in [0.1, 0.15) is 31.4 Å². The minimum atomic E-state index is 0.152. The number of carbonyl (C=O) groups excluding carboxylic acids is 2. The van der Waals surface area contributed by atoms with E-state index in [1.54, 1.807) is 0 Å². The molecular weight excluding hydrogens is 374 g/mol. The highest BCUT2D eigenvalue weighted by atomic mass is 35.5. The van der Waals surface area contributed by atoms with E-state index in [4.69, 9.17) is 11.6 Å². The fourth-order valence-corrected chi connectivity index (χ4v) is 4.68. The van der Waals surface area contributed by atoms with Crippen molar-refractivity contribution in [3.05, 3.63) is 47.1 Å². The van der Waals surface area contributed by atoms with Gasteiger partial charge in [0.05, 0.1) is 0 Å². The Labute approximate surface area is 170 Å². The first-order valence-electron chi connectivity index (χ1n) is 9.96. The molecule has 148 valence electrons. The Morgan fingerprint density at radius 1 is 1.14 bits per heavy atom. The van der Waals surface area contributed by atoms with E-state index in [1.165, 1.54) is 0 Å². The van der Waals surface area contributed by atoms with Crippen molar-refractivity contribution in [3.63, 3.8) is 0 Å². The summed E-state index contributed by atoms with van der Waals surface area (Å²) in [4.78, 5) is 29.6. The molecular formula is C22H26ClN3O2. The van der Waals surface area contributed by atoms with E-state index >= 15 is 0 Å². The van der Waals surface area contributed by atoms with Crippen molar-refractivity contribution in [1.29, 1.82) is 0 Å². The van der Waals surface area contributed by atoms with Crippen LogP contribution in [0.25, 0.3) is 11.3 Å². The molecule has 1 saturated carbocycles. The summed E-state index contributed by atoms with van der Waals surface area (Å²) in [5.74, 6) is 1.27. The van der Waals surface area contributed by atoms with Crippen LogP contribution in [0.5, 0.6) is 0 Å². The number of H-pyrrole nitrogens is 1. The van der Waals surface area contributed by atoms with Gasteiger partial charge in [-0.2, -0.15) is 0 Å². The first-order chi connectivity index (χ1) is 13.5. The van der Waals surface area contributed by atoms with Crippen molar-refractivity contribution in [1.82, 2.24) is 15.2 Å². The molecule has 3 atom stereocenters. The van der Waals surface area contributed by atoms with Gasteiger partial charge in [-0.3, -0.25) is 9.59 Å². The third-order valence-electron chi connectivity index (χ3n) is 6.28. The standard InChI is InChI=1S/C22H26ClN3O2/c1-26(19-10-15-12-21(27)24-13-16(15)11-19)22(28)9-7-18-6-8-20(25-18)14-2-4-17(23)5-3-14/h2-6,8,15-16,19,25H,7,9-13H2,1H3,(H,24,27)/t15-,16+,19-/m1/s1. The fraction of sp³-hybridized carbons (Fsp3) is 0.455. The van der Waals surface area contributed by atoms with Crippen LogP contribution in [0.15, 0.2) is 36.4 Å². The van der Waals surface area contributed by atoms with Gasteiger partial charge < -0.3 is 15.2 Å². The van der Waals surface area contributed by atoms with Gasteiger partial charge in [0, 0.05) is 48.9 Å². The molecule has 0 bridgehead atoms. The van der Waals surface area contributed by atoms with Gasteiger partial charge in [0.2, 0.25) is 11.8 Å². The second kappa shape index (κ2) is 8.00. The normalized spacial score (nSPS) is 23.9. The second-order valence-electron chi connectivity index (χ2n) is 8.06. The number of carbonyl (C=O) groups is 2. The summed E-state index contributed by atoms with van der Waals surface area (Å²) in [5, 5.41) is 3.67. The molecule has 2 fully saturated rings. The first kappa shape index (κ1) is 19.1. The lowest BCUT2D eigenvalue weighted by Crippen LogP contribution is -2.38. The summed E-state index contributed by atoms with van der Waals surface area (Å²) in [6, 6.07) is 12.0. The van der Waals surface area contributed by atoms with Crippen LogP contribution in [0.4, 0.5) is 0 Å². The van der Waals surface area contributed by atoms with E-state index in [0.717, 1.165) is 41.4 Å². The predicted octanol–water partition coefficient (Wildman–Crippen LogP) is 3.64. The molecule has 1 aliphatic heterocycles. The number of benzene rings is 1. The van der Waals surface area contributed by atoms with E-state index in [0.29, 0.717) is 31.1 Å². The quantitative estimate of drug-likeness (QED) is 0.806. The van der Waals surface area contributed by atoms with Crippen molar-refractivity contribution in [3.8, 4) is 11.3 Å². The lowest BCUT2D eigenvalue weighted by molar-refractivity contribution is -0.131. The molecule has 2 heterocycles. The van der Waals surface area contributed by atoms with Crippen LogP contribution in [0.3, 0.4) is 0 Å². The third kappa shape index (κ3) is 4.09. The fourth-order valence-electron chi connectivity index (χ4n) is 4.56. The number of hydrogen-bond acceptors (Lipinski definition) is 2. The van der Waals surface area contributed by atoms with E-state index in [2.05, 4.69) is 10.3 Å². The first-order valence-corrected chi connectivity index (χ1v) is 10.3. The lowest BCUT2D eigenvalue weighted by Gasteiger charge is -2.24. The van der Waals surface area contributed by atoms with Crippen molar-refractivity contribution in [2.45, 2.75) is 38.1 Å². The summed E-state index contributed by atoms with van der Waals surface area (Å²) >= 11 is 5.95. The van der Waals surface area contributed by atoms with Crippen LogP contribution >= 0.6 is 11.6 Å². The van der Waals surface area contributed by atoms with E-state index < -0.39 is 0 Å². The molecule has 2 amide bonds. The third-order valence-corrected chi connectivity index (χ3v) is 6.53. The van der Waals surface area contributed by atoms with Crippen molar-refractivity contribution in [2.24, 2.45) is 11.8 Å². The summed E-state index contributed by atoms with van der Waals surface area (Å²) in [7, 11) is 1.91. The molecule has 0 unspecified atom stereocenters. The number of amides is 2. The molecule has 1 aromatic carbocycles. The highest BCUT2D eigenvalue weighted by Crippen LogP contribution is 2.38. The number of nitrogens with one attached hydrogen (secondary N) is 2. The average molecular weight is 400 g/mol.